The first-order chi connectivity index (χ1) is 10.4. The molecule has 0 spiro atoms. The van der Waals surface area contributed by atoms with Crippen molar-refractivity contribution in [3.8, 4) is 11.5 Å². The summed E-state index contributed by atoms with van der Waals surface area (Å²) in [5, 5.41) is 0.0329. The lowest BCUT2D eigenvalue weighted by Gasteiger charge is -2.08. The van der Waals surface area contributed by atoms with Crippen LogP contribution in [0.5, 0.6) is 11.5 Å². The van der Waals surface area contributed by atoms with E-state index in [0.717, 1.165) is 7.11 Å². The SMILES string of the molecule is COC(=O)C(=O)c1ccc(Oc2ccc(Br)c(F)c2)cc1Cl. The van der Waals surface area contributed by atoms with E-state index in [9.17, 15) is 14.0 Å². The van der Waals surface area contributed by atoms with Gasteiger partial charge in [-0.05, 0) is 40.2 Å². The highest BCUT2D eigenvalue weighted by Gasteiger charge is 2.20. The summed E-state index contributed by atoms with van der Waals surface area (Å²) in [7, 11) is 1.10. The first kappa shape index (κ1) is 16.5. The monoisotopic (exact) mass is 386 g/mol. The zero-order valence-corrected chi connectivity index (χ0v) is 13.6. The molecule has 2 aromatic carbocycles. The van der Waals surface area contributed by atoms with Gasteiger partial charge in [0.1, 0.15) is 17.3 Å². The second-order valence-corrected chi connectivity index (χ2v) is 5.40. The maximum absolute atomic E-state index is 13.4. The maximum Gasteiger partial charge on any atom is 0.379 e. The van der Waals surface area contributed by atoms with Gasteiger partial charge in [0.2, 0.25) is 0 Å². The Balaban J connectivity index is 2.24. The van der Waals surface area contributed by atoms with Crippen LogP contribution in [0.15, 0.2) is 40.9 Å². The number of carbonyl (C=O) groups is 2. The van der Waals surface area contributed by atoms with E-state index < -0.39 is 17.6 Å². The van der Waals surface area contributed by atoms with E-state index in [2.05, 4.69) is 20.7 Å². The van der Waals surface area contributed by atoms with Crippen molar-refractivity contribution in [1.29, 1.82) is 0 Å². The average Bonchev–Trinajstić information content (AvgIpc) is 2.49. The van der Waals surface area contributed by atoms with Crippen LogP contribution < -0.4 is 4.74 Å². The molecule has 0 unspecified atom stereocenters. The van der Waals surface area contributed by atoms with Crippen LogP contribution in [0.25, 0.3) is 0 Å². The fraction of sp³-hybridized carbons (Fsp3) is 0.0667. The van der Waals surface area contributed by atoms with Crippen molar-refractivity contribution in [2.45, 2.75) is 0 Å². The zero-order valence-electron chi connectivity index (χ0n) is 11.2. The molecule has 0 atom stereocenters. The van der Waals surface area contributed by atoms with Crippen LogP contribution in [0.3, 0.4) is 0 Å². The lowest BCUT2D eigenvalue weighted by atomic mass is 10.1. The Hall–Kier alpha value is -1.92. The molecule has 4 nitrogen and oxygen atoms in total. The number of benzene rings is 2. The van der Waals surface area contributed by atoms with Gasteiger partial charge in [-0.2, -0.15) is 0 Å². The summed E-state index contributed by atoms with van der Waals surface area (Å²) in [5.74, 6) is -1.77. The molecule has 0 aromatic heterocycles. The second-order valence-electron chi connectivity index (χ2n) is 4.14. The summed E-state index contributed by atoms with van der Waals surface area (Å²) >= 11 is 9.00. The Bertz CT molecular complexity index is 748. The van der Waals surface area contributed by atoms with Crippen LogP contribution in [-0.2, 0) is 9.53 Å². The lowest BCUT2D eigenvalue weighted by molar-refractivity contribution is -0.135. The van der Waals surface area contributed by atoms with E-state index in [0.29, 0.717) is 10.2 Å². The Labute approximate surface area is 138 Å². The fourth-order valence-electron chi connectivity index (χ4n) is 1.62. The normalized spacial score (nSPS) is 10.2. The van der Waals surface area contributed by atoms with Gasteiger partial charge in [-0.1, -0.05) is 11.6 Å². The first-order valence-corrected chi connectivity index (χ1v) is 7.14. The third-order valence-electron chi connectivity index (χ3n) is 2.68. The van der Waals surface area contributed by atoms with Gasteiger partial charge in [-0.25, -0.2) is 9.18 Å². The van der Waals surface area contributed by atoms with Crippen LogP contribution in [0.2, 0.25) is 5.02 Å². The predicted octanol–water partition coefficient (Wildman–Crippen LogP) is 4.39. The second kappa shape index (κ2) is 6.89. The van der Waals surface area contributed by atoms with E-state index in [1.54, 1.807) is 6.07 Å². The number of halogens is 3. The minimum Gasteiger partial charge on any atom is -0.463 e. The van der Waals surface area contributed by atoms with Crippen molar-refractivity contribution in [2.75, 3.05) is 7.11 Å². The van der Waals surface area contributed by atoms with Crippen molar-refractivity contribution in [3.63, 3.8) is 0 Å². The molecule has 0 fully saturated rings. The third-order valence-corrected chi connectivity index (χ3v) is 3.64. The highest BCUT2D eigenvalue weighted by Crippen LogP contribution is 2.29. The molecular weight excluding hydrogens is 379 g/mol. The maximum atomic E-state index is 13.4. The molecule has 0 bridgehead atoms. The van der Waals surface area contributed by atoms with E-state index in [1.807, 2.05) is 0 Å². The number of ketones is 1. The topological polar surface area (TPSA) is 52.6 Å². The van der Waals surface area contributed by atoms with E-state index in [-0.39, 0.29) is 16.3 Å². The molecule has 2 aromatic rings. The summed E-state index contributed by atoms with van der Waals surface area (Å²) in [6.07, 6.45) is 0. The van der Waals surface area contributed by atoms with Crippen molar-refractivity contribution in [1.82, 2.24) is 0 Å². The highest BCUT2D eigenvalue weighted by molar-refractivity contribution is 9.10. The molecule has 7 heteroatoms. The van der Waals surface area contributed by atoms with Gasteiger partial charge in [0.15, 0.2) is 0 Å². The summed E-state index contributed by atoms with van der Waals surface area (Å²) in [5.41, 5.74) is 0.00264. The molecule has 0 amide bonds. The van der Waals surface area contributed by atoms with Crippen molar-refractivity contribution in [3.05, 3.63) is 57.3 Å². The van der Waals surface area contributed by atoms with Gasteiger partial charge >= 0.3 is 5.97 Å². The van der Waals surface area contributed by atoms with Crippen molar-refractivity contribution < 1.29 is 23.5 Å². The minimum absolute atomic E-state index is 0.00264. The number of hydrogen-bond donors (Lipinski definition) is 0. The van der Waals surface area contributed by atoms with E-state index >= 15 is 0 Å². The predicted molar refractivity (Wildman–Crippen MR) is 82.0 cm³/mol. The molecule has 114 valence electrons. The Morgan fingerprint density at radius 3 is 2.36 bits per heavy atom. The van der Waals surface area contributed by atoms with Crippen LogP contribution in [0.4, 0.5) is 4.39 Å². The Morgan fingerprint density at radius 2 is 1.77 bits per heavy atom. The number of hydrogen-bond acceptors (Lipinski definition) is 4. The largest absolute Gasteiger partial charge is 0.463 e. The van der Waals surface area contributed by atoms with Crippen LogP contribution >= 0.6 is 27.5 Å². The Kier molecular flexibility index (Phi) is 5.15. The van der Waals surface area contributed by atoms with Crippen LogP contribution in [0.1, 0.15) is 10.4 Å². The molecule has 2 rings (SSSR count). The Morgan fingerprint density at radius 1 is 1.14 bits per heavy atom. The standard InChI is InChI=1S/C15H9BrClFO4/c1-21-15(20)14(19)10-4-2-8(6-12(10)17)22-9-3-5-11(16)13(18)7-9/h2-7H,1H3. The number of Topliss-reactive ketones (excluding diaryl/α,β-unsaturated/α-hetero) is 1. The molecule has 0 aliphatic carbocycles. The molecule has 22 heavy (non-hydrogen) atoms. The smallest absolute Gasteiger partial charge is 0.379 e. The van der Waals surface area contributed by atoms with Gasteiger partial charge in [-0.3, -0.25) is 4.79 Å². The van der Waals surface area contributed by atoms with Gasteiger partial charge in [-0.15, -0.1) is 0 Å². The van der Waals surface area contributed by atoms with Crippen molar-refractivity contribution >= 4 is 39.3 Å². The molecule has 0 aliphatic heterocycles. The van der Waals surface area contributed by atoms with Gasteiger partial charge < -0.3 is 9.47 Å². The zero-order chi connectivity index (χ0) is 16.3. The molecular formula is C15H9BrClFO4. The number of ether oxygens (including phenoxy) is 2. The molecule has 0 saturated heterocycles. The summed E-state index contributed by atoms with van der Waals surface area (Å²) < 4.78 is 23.5. The first-order valence-electron chi connectivity index (χ1n) is 5.97. The molecule has 0 radical (unpaired) electrons. The van der Waals surface area contributed by atoms with E-state index in [4.69, 9.17) is 16.3 Å². The average molecular weight is 388 g/mol. The molecule has 0 heterocycles. The quantitative estimate of drug-likeness (QED) is 0.443. The minimum atomic E-state index is -1.01. The molecule has 0 aliphatic rings. The highest BCUT2D eigenvalue weighted by atomic mass is 79.9. The number of methoxy groups -OCH3 is 1. The van der Waals surface area contributed by atoms with Crippen molar-refractivity contribution in [2.24, 2.45) is 0 Å². The number of carbonyl (C=O) groups excluding carboxylic acids is 2. The summed E-state index contributed by atoms with van der Waals surface area (Å²) in [6, 6.07) is 8.41. The molecule has 0 N–H and O–H groups in total. The van der Waals surface area contributed by atoms with E-state index in [1.165, 1.54) is 30.3 Å². The summed E-state index contributed by atoms with van der Waals surface area (Å²) in [6.45, 7) is 0. The number of esters is 1. The van der Waals surface area contributed by atoms with Crippen LogP contribution in [-0.4, -0.2) is 18.9 Å². The van der Waals surface area contributed by atoms with Gasteiger partial charge in [0.25, 0.3) is 5.78 Å². The lowest BCUT2D eigenvalue weighted by Crippen LogP contribution is -2.16. The third kappa shape index (κ3) is 3.64. The van der Waals surface area contributed by atoms with Gasteiger partial charge in [0.05, 0.1) is 16.6 Å². The summed E-state index contributed by atoms with van der Waals surface area (Å²) in [4.78, 5) is 22.9. The molecule has 0 saturated carbocycles. The fourth-order valence-corrected chi connectivity index (χ4v) is 2.13. The van der Waals surface area contributed by atoms with Gasteiger partial charge in [0, 0.05) is 17.7 Å². The van der Waals surface area contributed by atoms with Crippen LogP contribution in [0, 0.1) is 5.82 Å². The number of rotatable bonds is 4.